The Bertz CT molecular complexity index is 1930. The quantitative estimate of drug-likeness (QED) is 0.146. The average molecular weight is 706 g/mol. The molecule has 1 fully saturated rings. The molecule has 5 aromatic rings. The van der Waals surface area contributed by atoms with E-state index in [4.69, 9.17) is 25.8 Å². The normalized spacial score (nSPS) is 14.6. The lowest BCUT2D eigenvalue weighted by Crippen LogP contribution is -2.45. The van der Waals surface area contributed by atoms with Crippen molar-refractivity contribution in [3.8, 4) is 39.1 Å². The van der Waals surface area contributed by atoms with Crippen molar-refractivity contribution in [1.29, 1.82) is 0 Å². The number of phenols is 1. The number of esters is 1. The largest absolute Gasteiger partial charge is 0.508 e. The molecular formula is C36H37ClFN5O5S. The van der Waals surface area contributed by atoms with Crippen LogP contribution in [-0.2, 0) is 16.0 Å². The number of carbonyl (C=O) groups excluding carboxylic acids is 1. The van der Waals surface area contributed by atoms with Crippen LogP contribution in [0.2, 0.25) is 5.02 Å². The van der Waals surface area contributed by atoms with Gasteiger partial charge in [-0.1, -0.05) is 41.9 Å². The number of piperazine rings is 1. The van der Waals surface area contributed by atoms with Crippen LogP contribution in [0.3, 0.4) is 0 Å². The molecule has 0 aliphatic carbocycles. The molecule has 1 N–H and O–H groups in total. The van der Waals surface area contributed by atoms with E-state index < -0.39 is 12.1 Å². The third-order valence-corrected chi connectivity index (χ3v) is 10.1. The second-order valence-electron chi connectivity index (χ2n) is 11.8. The summed E-state index contributed by atoms with van der Waals surface area (Å²) in [6.07, 6.45) is 1.97. The van der Waals surface area contributed by atoms with Gasteiger partial charge in [-0.3, -0.25) is 4.90 Å². The number of likely N-dealkylation sites (N-methyl/N-ethyl adjacent to an activating group) is 1. The third-order valence-electron chi connectivity index (χ3n) is 8.50. The number of pyridine rings is 1. The van der Waals surface area contributed by atoms with Crippen LogP contribution in [-0.4, -0.2) is 94.9 Å². The molecule has 256 valence electrons. The number of nitrogens with zero attached hydrogens (tertiary/aromatic N) is 5. The van der Waals surface area contributed by atoms with Crippen molar-refractivity contribution in [3.63, 3.8) is 0 Å². The van der Waals surface area contributed by atoms with Crippen molar-refractivity contribution in [1.82, 2.24) is 24.8 Å². The summed E-state index contributed by atoms with van der Waals surface area (Å²) in [5.74, 6) is -0.466. The number of carbonyl (C=O) groups is 1. The molecule has 2 aromatic carbocycles. The number of benzene rings is 2. The Kier molecular flexibility index (Phi) is 10.9. The van der Waals surface area contributed by atoms with Crippen molar-refractivity contribution in [3.05, 3.63) is 83.0 Å². The van der Waals surface area contributed by atoms with Gasteiger partial charge in [0.05, 0.1) is 12.0 Å². The van der Waals surface area contributed by atoms with E-state index in [9.17, 15) is 14.3 Å². The first-order valence-corrected chi connectivity index (χ1v) is 17.3. The van der Waals surface area contributed by atoms with Crippen molar-refractivity contribution in [2.75, 3.05) is 53.0 Å². The van der Waals surface area contributed by atoms with Gasteiger partial charge in [-0.2, -0.15) is 0 Å². The van der Waals surface area contributed by atoms with Crippen LogP contribution in [0.5, 0.6) is 17.5 Å². The van der Waals surface area contributed by atoms with Crippen LogP contribution >= 0.6 is 22.9 Å². The number of aromatic hydroxyl groups is 1. The predicted octanol–water partition coefficient (Wildman–Crippen LogP) is 6.41. The molecular weight excluding hydrogens is 669 g/mol. The minimum absolute atomic E-state index is 0.0326. The summed E-state index contributed by atoms with van der Waals surface area (Å²) in [4.78, 5) is 32.9. The van der Waals surface area contributed by atoms with Crippen molar-refractivity contribution >= 4 is 39.1 Å². The number of hydrogen-bond donors (Lipinski definition) is 1. The molecule has 6 rings (SSSR count). The number of phenolic OH excluding ortho intramolecular Hbond substituents is 1. The summed E-state index contributed by atoms with van der Waals surface area (Å²) in [5, 5.41) is 11.4. The Morgan fingerprint density at radius 2 is 1.82 bits per heavy atom. The molecule has 0 unspecified atom stereocenters. The van der Waals surface area contributed by atoms with E-state index in [1.165, 1.54) is 29.8 Å². The van der Waals surface area contributed by atoms with Crippen LogP contribution < -0.4 is 9.47 Å². The van der Waals surface area contributed by atoms with Gasteiger partial charge in [0.15, 0.2) is 0 Å². The number of ether oxygens (including phenoxy) is 3. The molecule has 0 radical (unpaired) electrons. The average Bonchev–Trinajstić information content (AvgIpc) is 3.49. The molecule has 10 nitrogen and oxygen atoms in total. The van der Waals surface area contributed by atoms with E-state index in [0.29, 0.717) is 50.0 Å². The molecule has 1 saturated heterocycles. The van der Waals surface area contributed by atoms with E-state index in [1.807, 2.05) is 6.92 Å². The maximum Gasteiger partial charge on any atom is 0.347 e. The lowest BCUT2D eigenvalue weighted by molar-refractivity contribution is -0.151. The predicted molar refractivity (Wildman–Crippen MR) is 188 cm³/mol. The number of halogens is 2. The number of rotatable bonds is 12. The minimum Gasteiger partial charge on any atom is -0.508 e. The molecule has 1 atom stereocenters. The number of hydrogen-bond acceptors (Lipinski definition) is 11. The topological polar surface area (TPSA) is 110 Å². The second kappa shape index (κ2) is 15.5. The van der Waals surface area contributed by atoms with Crippen LogP contribution in [0.4, 0.5) is 4.39 Å². The molecule has 1 aliphatic heterocycles. The Hall–Kier alpha value is -4.36. The van der Waals surface area contributed by atoms with Gasteiger partial charge in [-0.25, -0.2) is 24.1 Å². The maximum absolute atomic E-state index is 14.0. The van der Waals surface area contributed by atoms with E-state index in [0.717, 1.165) is 43.2 Å². The van der Waals surface area contributed by atoms with Crippen molar-refractivity contribution in [2.45, 2.75) is 26.4 Å². The van der Waals surface area contributed by atoms with Crippen LogP contribution in [0.1, 0.15) is 18.1 Å². The van der Waals surface area contributed by atoms with Gasteiger partial charge >= 0.3 is 5.97 Å². The van der Waals surface area contributed by atoms with Crippen LogP contribution in [0.15, 0.2) is 61.1 Å². The zero-order valence-electron chi connectivity index (χ0n) is 27.5. The smallest absolute Gasteiger partial charge is 0.347 e. The summed E-state index contributed by atoms with van der Waals surface area (Å²) >= 11 is 8.30. The summed E-state index contributed by atoms with van der Waals surface area (Å²) in [6.45, 7) is 8.93. The fourth-order valence-corrected chi connectivity index (χ4v) is 7.09. The fourth-order valence-electron chi connectivity index (χ4n) is 5.73. The van der Waals surface area contributed by atoms with Crippen LogP contribution in [0.25, 0.3) is 31.8 Å². The minimum atomic E-state index is -1.13. The zero-order valence-corrected chi connectivity index (χ0v) is 29.1. The summed E-state index contributed by atoms with van der Waals surface area (Å²) in [7, 11) is 2.12. The highest BCUT2D eigenvalue weighted by molar-refractivity contribution is 7.22. The lowest BCUT2D eigenvalue weighted by atomic mass is 9.97. The standard InChI is InChI=1S/C36H37ClFN5O5S/c1-4-46-36(45)28(19-24-7-5-6-8-27(24)44)48-33-30-29(32(49-35(30)41-21-40-33)23-9-11-25(38)12-10-23)26-20-39-34(31(37)22(26)2)47-18-17-43-15-13-42(3)14-16-43/h5-12,20-21,28,44H,4,13-19H2,1-3H3/t28-/m1/s1. The van der Waals surface area contributed by atoms with E-state index in [2.05, 4.69) is 31.8 Å². The molecule has 3 aromatic heterocycles. The zero-order chi connectivity index (χ0) is 34.5. The van der Waals surface area contributed by atoms with E-state index in [-0.39, 0.29) is 30.5 Å². The van der Waals surface area contributed by atoms with Gasteiger partial charge in [0, 0.05) is 61.3 Å². The first kappa shape index (κ1) is 34.5. The summed E-state index contributed by atoms with van der Waals surface area (Å²) in [6, 6.07) is 12.9. The molecule has 4 heterocycles. The van der Waals surface area contributed by atoms with E-state index in [1.54, 1.807) is 49.5 Å². The summed E-state index contributed by atoms with van der Waals surface area (Å²) in [5.41, 5.74) is 3.31. The highest BCUT2D eigenvalue weighted by Gasteiger charge is 2.29. The van der Waals surface area contributed by atoms with Gasteiger partial charge in [0.2, 0.25) is 17.9 Å². The number of aromatic nitrogens is 3. The van der Waals surface area contributed by atoms with Gasteiger partial charge in [0.25, 0.3) is 0 Å². The Balaban J connectivity index is 1.40. The van der Waals surface area contributed by atoms with Crippen molar-refractivity contribution in [2.24, 2.45) is 0 Å². The highest BCUT2D eigenvalue weighted by atomic mass is 35.5. The molecule has 13 heteroatoms. The lowest BCUT2D eigenvalue weighted by Gasteiger charge is -2.32. The first-order chi connectivity index (χ1) is 23.7. The number of thiophene rings is 1. The maximum atomic E-state index is 14.0. The van der Waals surface area contributed by atoms with Gasteiger partial charge < -0.3 is 24.2 Å². The molecule has 0 saturated carbocycles. The Labute approximate surface area is 293 Å². The van der Waals surface area contributed by atoms with Crippen molar-refractivity contribution < 1.29 is 28.5 Å². The molecule has 0 amide bonds. The molecule has 1 aliphatic rings. The second-order valence-corrected chi connectivity index (χ2v) is 13.1. The fraction of sp³-hybridized carbons (Fsp3) is 0.333. The number of para-hydroxylation sites is 1. The van der Waals surface area contributed by atoms with Gasteiger partial charge in [0.1, 0.15) is 34.4 Å². The monoisotopic (exact) mass is 705 g/mol. The molecule has 49 heavy (non-hydrogen) atoms. The molecule has 0 spiro atoms. The Morgan fingerprint density at radius 1 is 1.06 bits per heavy atom. The van der Waals surface area contributed by atoms with E-state index >= 15 is 0 Å². The van der Waals surface area contributed by atoms with Gasteiger partial charge in [-0.05, 0) is 55.8 Å². The first-order valence-electron chi connectivity index (χ1n) is 16.1. The third kappa shape index (κ3) is 7.78. The molecule has 0 bridgehead atoms. The Morgan fingerprint density at radius 3 is 2.55 bits per heavy atom. The number of fused-ring (bicyclic) bond motifs is 1. The van der Waals surface area contributed by atoms with Gasteiger partial charge in [-0.15, -0.1) is 11.3 Å². The highest BCUT2D eigenvalue weighted by Crippen LogP contribution is 2.49. The summed E-state index contributed by atoms with van der Waals surface area (Å²) < 4.78 is 31.8. The SMILES string of the molecule is CCOC(=O)[C@@H](Cc1ccccc1O)Oc1ncnc2sc(-c3ccc(F)cc3)c(-c3cnc(OCCN4CCN(C)CC4)c(Cl)c3C)c12. The van der Waals surface area contributed by atoms with Crippen LogP contribution in [0, 0.1) is 12.7 Å².